The Morgan fingerprint density at radius 3 is 3.12 bits per heavy atom. The van der Waals surface area contributed by atoms with Crippen molar-refractivity contribution in [3.05, 3.63) is 29.6 Å². The Kier molecular flexibility index (Phi) is 4.13. The quantitative estimate of drug-likeness (QED) is 0.866. The molecule has 2 rings (SSSR count). The van der Waals surface area contributed by atoms with Crippen molar-refractivity contribution in [2.45, 2.75) is 51.7 Å². The van der Waals surface area contributed by atoms with Crippen LogP contribution >= 0.6 is 0 Å². The molecule has 17 heavy (non-hydrogen) atoms. The maximum absolute atomic E-state index is 5.92. The fourth-order valence-corrected chi connectivity index (χ4v) is 2.68. The predicted molar refractivity (Wildman–Crippen MR) is 70.7 cm³/mol. The number of likely N-dealkylation sites (tertiary alicyclic amines) is 1. The minimum absolute atomic E-state index is 0.297. The first-order chi connectivity index (χ1) is 8.16. The maximum atomic E-state index is 5.92. The van der Waals surface area contributed by atoms with E-state index in [0.29, 0.717) is 12.1 Å². The van der Waals surface area contributed by atoms with Gasteiger partial charge in [0.15, 0.2) is 0 Å². The number of rotatable bonds is 4. The zero-order valence-corrected chi connectivity index (χ0v) is 10.9. The normalized spacial score (nSPS) is 22.9. The largest absolute Gasteiger partial charge is 0.328 e. The van der Waals surface area contributed by atoms with E-state index in [-0.39, 0.29) is 0 Å². The highest BCUT2D eigenvalue weighted by atomic mass is 15.2. The predicted octanol–water partition coefficient (Wildman–Crippen LogP) is 2.09. The molecule has 3 heteroatoms. The molecule has 94 valence electrons. The molecule has 0 aromatic carbocycles. The molecule has 0 spiro atoms. The third-order valence-electron chi connectivity index (χ3n) is 3.61. The molecule has 0 saturated carbocycles. The summed E-state index contributed by atoms with van der Waals surface area (Å²) >= 11 is 0. The lowest BCUT2D eigenvalue weighted by Gasteiger charge is -2.25. The maximum Gasteiger partial charge on any atom is 0.0573 e. The fourth-order valence-electron chi connectivity index (χ4n) is 2.68. The first kappa shape index (κ1) is 12.5. The van der Waals surface area contributed by atoms with Crippen molar-refractivity contribution in [1.82, 2.24) is 9.88 Å². The van der Waals surface area contributed by atoms with Gasteiger partial charge in [-0.05, 0) is 51.3 Å². The molecule has 2 N–H and O–H groups in total. The van der Waals surface area contributed by atoms with Crippen LogP contribution in [-0.4, -0.2) is 28.5 Å². The summed E-state index contributed by atoms with van der Waals surface area (Å²) in [7, 11) is 0. The Balaban J connectivity index is 2.00. The number of hydrogen-bond donors (Lipinski definition) is 1. The van der Waals surface area contributed by atoms with Crippen molar-refractivity contribution in [3.8, 4) is 0 Å². The van der Waals surface area contributed by atoms with Crippen LogP contribution in [-0.2, 0) is 6.54 Å². The van der Waals surface area contributed by atoms with E-state index in [4.69, 9.17) is 5.73 Å². The molecule has 2 atom stereocenters. The van der Waals surface area contributed by atoms with Gasteiger partial charge in [0.25, 0.3) is 0 Å². The Bertz CT molecular complexity index is 362. The lowest BCUT2D eigenvalue weighted by atomic mass is 10.1. The molecule has 0 aliphatic carbocycles. The van der Waals surface area contributed by atoms with Gasteiger partial charge in [-0.15, -0.1) is 0 Å². The topological polar surface area (TPSA) is 42.2 Å². The molecule has 1 aliphatic heterocycles. The van der Waals surface area contributed by atoms with Crippen molar-refractivity contribution in [3.63, 3.8) is 0 Å². The third-order valence-corrected chi connectivity index (χ3v) is 3.61. The van der Waals surface area contributed by atoms with E-state index >= 15 is 0 Å². The molecule has 1 aromatic rings. The molecule has 0 amide bonds. The average molecular weight is 233 g/mol. The Morgan fingerprint density at radius 1 is 1.59 bits per heavy atom. The van der Waals surface area contributed by atoms with Gasteiger partial charge in [0.1, 0.15) is 0 Å². The summed E-state index contributed by atoms with van der Waals surface area (Å²) < 4.78 is 0. The molecular formula is C14H23N3. The van der Waals surface area contributed by atoms with Crippen LogP contribution in [0.15, 0.2) is 18.3 Å². The van der Waals surface area contributed by atoms with Gasteiger partial charge in [0.2, 0.25) is 0 Å². The molecule has 2 unspecified atom stereocenters. The van der Waals surface area contributed by atoms with Gasteiger partial charge < -0.3 is 5.73 Å². The van der Waals surface area contributed by atoms with Crippen LogP contribution in [0.3, 0.4) is 0 Å². The molecule has 1 aliphatic rings. The van der Waals surface area contributed by atoms with Crippen LogP contribution in [0.4, 0.5) is 0 Å². The summed E-state index contributed by atoms with van der Waals surface area (Å²) in [6, 6.07) is 5.09. The van der Waals surface area contributed by atoms with Crippen molar-refractivity contribution in [2.24, 2.45) is 5.73 Å². The second kappa shape index (κ2) is 5.61. The van der Waals surface area contributed by atoms with Gasteiger partial charge in [-0.25, -0.2) is 0 Å². The van der Waals surface area contributed by atoms with Crippen LogP contribution in [0.2, 0.25) is 0 Å². The lowest BCUT2D eigenvalue weighted by molar-refractivity contribution is 0.224. The molecule has 2 heterocycles. The molecule has 0 bridgehead atoms. The Morgan fingerprint density at radius 2 is 2.41 bits per heavy atom. The Hall–Kier alpha value is -0.930. The van der Waals surface area contributed by atoms with Gasteiger partial charge >= 0.3 is 0 Å². The van der Waals surface area contributed by atoms with Crippen molar-refractivity contribution in [2.75, 3.05) is 6.54 Å². The molecule has 1 fully saturated rings. The number of aryl methyl sites for hydroxylation is 1. The minimum Gasteiger partial charge on any atom is -0.328 e. The third kappa shape index (κ3) is 3.27. The highest BCUT2D eigenvalue weighted by Crippen LogP contribution is 2.23. The second-order valence-electron chi connectivity index (χ2n) is 5.25. The van der Waals surface area contributed by atoms with Gasteiger partial charge in [-0.3, -0.25) is 9.88 Å². The number of hydrogen-bond acceptors (Lipinski definition) is 3. The number of aromatic nitrogens is 1. The van der Waals surface area contributed by atoms with Crippen molar-refractivity contribution < 1.29 is 0 Å². The van der Waals surface area contributed by atoms with Gasteiger partial charge in [-0.2, -0.15) is 0 Å². The first-order valence-corrected chi connectivity index (χ1v) is 6.57. The summed E-state index contributed by atoms with van der Waals surface area (Å²) in [5.74, 6) is 0. The monoisotopic (exact) mass is 233 g/mol. The van der Waals surface area contributed by atoms with Crippen LogP contribution in [0.5, 0.6) is 0 Å². The summed E-state index contributed by atoms with van der Waals surface area (Å²) in [6.07, 6.45) is 5.57. The van der Waals surface area contributed by atoms with E-state index in [1.165, 1.54) is 30.6 Å². The SMILES string of the molecule is Cc1cccnc1CN1CCCC1CC(C)N. The minimum atomic E-state index is 0.297. The lowest BCUT2D eigenvalue weighted by Crippen LogP contribution is -2.34. The molecule has 1 aromatic heterocycles. The fraction of sp³-hybridized carbons (Fsp3) is 0.643. The molecule has 0 radical (unpaired) electrons. The standard InChI is InChI=1S/C14H23N3/c1-11-5-3-7-16-14(11)10-17-8-4-6-13(17)9-12(2)15/h3,5,7,12-13H,4,6,8-10,15H2,1-2H3. The molecule has 1 saturated heterocycles. The van der Waals surface area contributed by atoms with Crippen LogP contribution in [0, 0.1) is 6.92 Å². The Labute approximate surface area is 104 Å². The number of nitrogens with two attached hydrogens (primary N) is 1. The summed E-state index contributed by atoms with van der Waals surface area (Å²) in [6.45, 7) is 6.40. The second-order valence-corrected chi connectivity index (χ2v) is 5.25. The average Bonchev–Trinajstić information content (AvgIpc) is 2.68. The van der Waals surface area contributed by atoms with Gasteiger partial charge in [0, 0.05) is 24.8 Å². The zero-order valence-electron chi connectivity index (χ0n) is 10.9. The van der Waals surface area contributed by atoms with E-state index in [2.05, 4.69) is 29.8 Å². The highest BCUT2D eigenvalue weighted by molar-refractivity contribution is 5.17. The number of nitrogens with zero attached hydrogens (tertiary/aromatic N) is 2. The first-order valence-electron chi connectivity index (χ1n) is 6.57. The summed E-state index contributed by atoms with van der Waals surface area (Å²) in [5.41, 5.74) is 8.42. The van der Waals surface area contributed by atoms with Gasteiger partial charge in [0.05, 0.1) is 5.69 Å². The van der Waals surface area contributed by atoms with E-state index in [1.54, 1.807) is 0 Å². The van der Waals surface area contributed by atoms with Crippen molar-refractivity contribution >= 4 is 0 Å². The van der Waals surface area contributed by atoms with E-state index in [9.17, 15) is 0 Å². The summed E-state index contributed by atoms with van der Waals surface area (Å²) in [4.78, 5) is 7.02. The van der Waals surface area contributed by atoms with Crippen molar-refractivity contribution in [1.29, 1.82) is 0 Å². The highest BCUT2D eigenvalue weighted by Gasteiger charge is 2.25. The van der Waals surface area contributed by atoms with Crippen LogP contribution < -0.4 is 5.73 Å². The zero-order chi connectivity index (χ0) is 12.3. The van der Waals surface area contributed by atoms with E-state index in [1.807, 2.05) is 12.3 Å². The van der Waals surface area contributed by atoms with E-state index < -0.39 is 0 Å². The number of pyridine rings is 1. The van der Waals surface area contributed by atoms with Crippen LogP contribution in [0.1, 0.15) is 37.4 Å². The van der Waals surface area contributed by atoms with Crippen LogP contribution in [0.25, 0.3) is 0 Å². The van der Waals surface area contributed by atoms with E-state index in [0.717, 1.165) is 13.0 Å². The van der Waals surface area contributed by atoms with Gasteiger partial charge in [-0.1, -0.05) is 6.07 Å². The summed E-state index contributed by atoms with van der Waals surface area (Å²) in [5, 5.41) is 0. The smallest absolute Gasteiger partial charge is 0.0573 e. The molecule has 3 nitrogen and oxygen atoms in total. The molecular weight excluding hydrogens is 210 g/mol.